The minimum absolute atomic E-state index is 0.110. The molecule has 0 aromatic heterocycles. The average Bonchev–Trinajstić information content (AvgIpc) is 2.99. The van der Waals surface area contributed by atoms with E-state index in [9.17, 15) is 9.59 Å². The van der Waals surface area contributed by atoms with E-state index < -0.39 is 17.2 Å². The highest BCUT2D eigenvalue weighted by molar-refractivity contribution is 9.10. The second-order valence-corrected chi connectivity index (χ2v) is 9.36. The molecule has 4 rings (SSSR count). The molecule has 1 N–H and O–H groups in total. The summed E-state index contributed by atoms with van der Waals surface area (Å²) >= 11 is 3.51. The predicted octanol–water partition coefficient (Wildman–Crippen LogP) is 3.69. The molecule has 2 heterocycles. The standard InChI is InChI=1S/C20H23BrN2O5/c1-19(2,3)28-18(25)22-17-23-20(10-26-17)13-8-11(21)4-6-15(13)27-16-7-5-12(24)9-14(16)20/h4,6,8,14,16H,5,7,9-10H2,1-3H3,(H,22,23,25)/t14-,16-,20?/m0/s1. The Morgan fingerprint density at radius 1 is 1.39 bits per heavy atom. The fraction of sp³-hybridized carbons (Fsp3) is 0.550. The number of rotatable bonds is 0. The van der Waals surface area contributed by atoms with Crippen LogP contribution in [0, 0.1) is 5.92 Å². The number of hydrogen-bond acceptors (Lipinski definition) is 6. The summed E-state index contributed by atoms with van der Waals surface area (Å²) in [4.78, 5) is 29.1. The van der Waals surface area contributed by atoms with Crippen molar-refractivity contribution in [2.45, 2.75) is 57.3 Å². The van der Waals surface area contributed by atoms with Gasteiger partial charge < -0.3 is 14.2 Å². The molecule has 1 amide bonds. The summed E-state index contributed by atoms with van der Waals surface area (Å²) in [5.41, 5.74) is -0.542. The van der Waals surface area contributed by atoms with Gasteiger partial charge in [0.15, 0.2) is 0 Å². The number of nitrogens with zero attached hydrogens (tertiary/aromatic N) is 1. The zero-order valence-corrected chi connectivity index (χ0v) is 17.7. The molecule has 1 aromatic rings. The number of ketones is 1. The van der Waals surface area contributed by atoms with Crippen LogP contribution in [0.5, 0.6) is 5.75 Å². The van der Waals surface area contributed by atoms with Crippen LogP contribution in [0.4, 0.5) is 4.79 Å². The highest BCUT2D eigenvalue weighted by Gasteiger charge is 2.55. The van der Waals surface area contributed by atoms with Crippen LogP contribution in [-0.2, 0) is 19.8 Å². The Morgan fingerprint density at radius 2 is 2.18 bits per heavy atom. The maximum Gasteiger partial charge on any atom is 0.415 e. The molecule has 3 atom stereocenters. The van der Waals surface area contributed by atoms with Gasteiger partial charge in [-0.15, -0.1) is 0 Å². The Morgan fingerprint density at radius 3 is 2.93 bits per heavy atom. The zero-order chi connectivity index (χ0) is 20.1. The fourth-order valence-electron chi connectivity index (χ4n) is 4.11. The molecule has 0 saturated heterocycles. The van der Waals surface area contributed by atoms with E-state index in [0.717, 1.165) is 15.8 Å². The van der Waals surface area contributed by atoms with Crippen LogP contribution in [0.3, 0.4) is 0 Å². The minimum Gasteiger partial charge on any atom is -0.490 e. The number of aliphatic imine (C=N–C) groups is 1. The molecule has 7 nitrogen and oxygen atoms in total. The highest BCUT2D eigenvalue weighted by Crippen LogP contribution is 2.52. The molecule has 0 bridgehead atoms. The average molecular weight is 451 g/mol. The number of carbonyl (C=O) groups excluding carboxylic acids is 2. The van der Waals surface area contributed by atoms with Crippen molar-refractivity contribution in [3.05, 3.63) is 28.2 Å². The highest BCUT2D eigenvalue weighted by atomic mass is 79.9. The van der Waals surface area contributed by atoms with Gasteiger partial charge in [-0.1, -0.05) is 15.9 Å². The van der Waals surface area contributed by atoms with Crippen LogP contribution in [0.2, 0.25) is 0 Å². The second kappa shape index (κ2) is 6.76. The first-order chi connectivity index (χ1) is 13.2. The van der Waals surface area contributed by atoms with Crippen LogP contribution in [0.1, 0.15) is 45.6 Å². The number of amides is 1. The number of ether oxygens (including phenoxy) is 3. The summed E-state index contributed by atoms with van der Waals surface area (Å²) in [7, 11) is 0. The third-order valence-corrected chi connectivity index (χ3v) is 5.73. The van der Waals surface area contributed by atoms with Crippen molar-refractivity contribution in [2.24, 2.45) is 10.9 Å². The normalized spacial score (nSPS) is 28.6. The first-order valence-corrected chi connectivity index (χ1v) is 10.2. The number of nitrogens with one attached hydrogen (secondary N) is 1. The van der Waals surface area contributed by atoms with Crippen LogP contribution in [0.15, 0.2) is 27.7 Å². The van der Waals surface area contributed by atoms with E-state index in [4.69, 9.17) is 19.2 Å². The van der Waals surface area contributed by atoms with Crippen molar-refractivity contribution in [3.8, 4) is 5.75 Å². The first-order valence-electron chi connectivity index (χ1n) is 9.37. The Labute approximate surface area is 171 Å². The zero-order valence-electron chi connectivity index (χ0n) is 16.1. The van der Waals surface area contributed by atoms with Crippen LogP contribution in [-0.4, -0.2) is 36.2 Å². The van der Waals surface area contributed by atoms with Crippen molar-refractivity contribution in [1.82, 2.24) is 5.32 Å². The lowest BCUT2D eigenvalue weighted by molar-refractivity contribution is -0.126. The lowest BCUT2D eigenvalue weighted by Crippen LogP contribution is -2.51. The molecule has 8 heteroatoms. The summed E-state index contributed by atoms with van der Waals surface area (Å²) in [5.74, 6) is 0.796. The molecule has 28 heavy (non-hydrogen) atoms. The molecule has 0 radical (unpaired) electrons. The van der Waals surface area contributed by atoms with Crippen LogP contribution in [0.25, 0.3) is 0 Å². The molecule has 1 aromatic carbocycles. The van der Waals surface area contributed by atoms with Gasteiger partial charge in [-0.25, -0.2) is 15.1 Å². The lowest BCUT2D eigenvalue weighted by Gasteiger charge is -2.45. The number of fused-ring (bicyclic) bond motifs is 4. The quantitative estimate of drug-likeness (QED) is 0.651. The molecule has 1 aliphatic carbocycles. The summed E-state index contributed by atoms with van der Waals surface area (Å²) in [5, 5.41) is 2.59. The molecule has 150 valence electrons. The van der Waals surface area contributed by atoms with E-state index in [0.29, 0.717) is 19.3 Å². The van der Waals surface area contributed by atoms with Crippen molar-refractivity contribution in [1.29, 1.82) is 0 Å². The van der Waals surface area contributed by atoms with E-state index in [1.807, 2.05) is 18.2 Å². The summed E-state index contributed by atoms with van der Waals surface area (Å²) in [6.45, 7) is 5.60. The number of halogens is 1. The van der Waals surface area contributed by atoms with Crippen LogP contribution < -0.4 is 10.1 Å². The smallest absolute Gasteiger partial charge is 0.415 e. The van der Waals surface area contributed by atoms with E-state index in [1.165, 1.54) is 0 Å². The van der Waals surface area contributed by atoms with Gasteiger partial charge in [0.2, 0.25) is 0 Å². The number of alkyl carbamates (subject to hydrolysis) is 1. The van der Waals surface area contributed by atoms with Gasteiger partial charge in [0, 0.05) is 28.8 Å². The molecule has 1 fully saturated rings. The molecular weight excluding hydrogens is 428 g/mol. The maximum atomic E-state index is 12.2. The molecule has 2 aliphatic heterocycles. The fourth-order valence-corrected chi connectivity index (χ4v) is 4.47. The van der Waals surface area contributed by atoms with Crippen LogP contribution >= 0.6 is 15.9 Å². The van der Waals surface area contributed by atoms with Gasteiger partial charge in [-0.2, -0.15) is 0 Å². The van der Waals surface area contributed by atoms with Gasteiger partial charge in [0.05, 0.1) is 0 Å². The SMILES string of the molecule is CC(C)(C)OC(=O)NC1=NC2(CO1)c1cc(Br)ccc1O[C@H]1CCC(=O)C[C@@H]12. The van der Waals surface area contributed by atoms with Crippen molar-refractivity contribution >= 4 is 33.8 Å². The number of carbonyl (C=O) groups is 2. The molecular formula is C20H23BrN2O5. The van der Waals surface area contributed by atoms with E-state index in [2.05, 4.69) is 21.2 Å². The largest absolute Gasteiger partial charge is 0.490 e. The van der Waals surface area contributed by atoms with E-state index >= 15 is 0 Å². The Balaban J connectivity index is 1.71. The van der Waals surface area contributed by atoms with Crippen molar-refractivity contribution in [2.75, 3.05) is 6.61 Å². The van der Waals surface area contributed by atoms with Crippen molar-refractivity contribution in [3.63, 3.8) is 0 Å². The van der Waals surface area contributed by atoms with Gasteiger partial charge in [-0.3, -0.25) is 4.79 Å². The number of benzene rings is 1. The predicted molar refractivity (Wildman–Crippen MR) is 105 cm³/mol. The molecule has 1 spiro atoms. The number of hydrogen-bond donors (Lipinski definition) is 1. The van der Waals surface area contributed by atoms with E-state index in [-0.39, 0.29) is 30.4 Å². The Kier molecular flexibility index (Phi) is 4.64. The molecule has 3 aliphatic rings. The summed E-state index contributed by atoms with van der Waals surface area (Å²) in [6, 6.07) is 5.88. The van der Waals surface area contributed by atoms with Crippen molar-refractivity contribution < 1.29 is 23.8 Å². The molecule has 1 saturated carbocycles. The third-order valence-electron chi connectivity index (χ3n) is 5.24. The Bertz CT molecular complexity index is 863. The second-order valence-electron chi connectivity index (χ2n) is 8.44. The van der Waals surface area contributed by atoms with Gasteiger partial charge in [0.25, 0.3) is 6.02 Å². The van der Waals surface area contributed by atoms with Gasteiger partial charge in [-0.05, 0) is 45.4 Å². The van der Waals surface area contributed by atoms with Gasteiger partial charge >= 0.3 is 6.09 Å². The molecule has 1 unspecified atom stereocenters. The topological polar surface area (TPSA) is 86.2 Å². The summed E-state index contributed by atoms with van der Waals surface area (Å²) < 4.78 is 18.1. The van der Waals surface area contributed by atoms with E-state index in [1.54, 1.807) is 20.8 Å². The Hall–Kier alpha value is -2.09. The first kappa shape index (κ1) is 19.2. The summed E-state index contributed by atoms with van der Waals surface area (Å²) in [6.07, 6.45) is 0.811. The number of Topliss-reactive ketones (excluding diaryl/α,β-unsaturated/α-hetero) is 1. The monoisotopic (exact) mass is 450 g/mol. The third kappa shape index (κ3) is 3.50. The van der Waals surface area contributed by atoms with Gasteiger partial charge in [0.1, 0.15) is 35.4 Å². The minimum atomic E-state index is -0.775. The lowest BCUT2D eigenvalue weighted by atomic mass is 9.68. The maximum absolute atomic E-state index is 12.2. The number of amidine groups is 1.